The quantitative estimate of drug-likeness (QED) is 0.387. The molecule has 6 bridgehead atoms. The van der Waals surface area contributed by atoms with Gasteiger partial charge in [-0.05, 0) is 35.7 Å². The monoisotopic (exact) mass is 512 g/mol. The first kappa shape index (κ1) is 22.2. The first-order valence-electron chi connectivity index (χ1n) is 12.4. The molecule has 10 heteroatoms. The van der Waals surface area contributed by atoms with Gasteiger partial charge in [0.1, 0.15) is 21.7 Å². The Kier molecular flexibility index (Phi) is 5.10. The third-order valence-corrected chi connectivity index (χ3v) is 8.37. The van der Waals surface area contributed by atoms with E-state index < -0.39 is 11.5 Å². The van der Waals surface area contributed by atoms with Crippen molar-refractivity contribution in [1.82, 2.24) is 24.9 Å². The minimum Gasteiger partial charge on any atom is -0.494 e. The number of nitrogens with zero attached hydrogens (tertiary/aromatic N) is 6. The van der Waals surface area contributed by atoms with Crippen LogP contribution in [-0.4, -0.2) is 49.8 Å². The normalized spacial score (nSPS) is 22.6. The van der Waals surface area contributed by atoms with Gasteiger partial charge in [-0.2, -0.15) is 0 Å². The van der Waals surface area contributed by atoms with Crippen LogP contribution in [0.15, 0.2) is 66.4 Å². The second-order valence-electron chi connectivity index (χ2n) is 9.64. The third-order valence-electron chi connectivity index (χ3n) is 7.61. The van der Waals surface area contributed by atoms with Gasteiger partial charge in [-0.15, -0.1) is 16.4 Å². The summed E-state index contributed by atoms with van der Waals surface area (Å²) in [5.41, 5.74) is 4.15. The molecule has 1 spiro atoms. The number of hydrogen-bond acceptors (Lipinski definition) is 7. The maximum Gasteiger partial charge on any atom is 0.266 e. The third kappa shape index (κ3) is 3.39. The summed E-state index contributed by atoms with van der Waals surface area (Å²) < 4.78 is 7.89. The Morgan fingerprint density at radius 1 is 1.14 bits per heavy atom. The van der Waals surface area contributed by atoms with Gasteiger partial charge in [0, 0.05) is 25.2 Å². The smallest absolute Gasteiger partial charge is 0.266 e. The molecule has 37 heavy (non-hydrogen) atoms. The maximum atomic E-state index is 14.6. The Labute approximate surface area is 217 Å². The summed E-state index contributed by atoms with van der Waals surface area (Å²) >= 11 is 1.32. The second-order valence-corrected chi connectivity index (χ2v) is 10.5. The Hall–Kier alpha value is -4.05. The predicted octanol–water partition coefficient (Wildman–Crippen LogP) is 3.59. The number of benzene rings is 2. The Morgan fingerprint density at radius 2 is 2.05 bits per heavy atom. The number of rotatable bonds is 1. The predicted molar refractivity (Wildman–Crippen MR) is 136 cm³/mol. The summed E-state index contributed by atoms with van der Waals surface area (Å²) in [5, 5.41) is 8.60. The van der Waals surface area contributed by atoms with E-state index in [9.17, 15) is 9.59 Å². The van der Waals surface area contributed by atoms with Crippen molar-refractivity contribution in [1.29, 1.82) is 0 Å². The van der Waals surface area contributed by atoms with E-state index in [1.54, 1.807) is 16.4 Å². The second kappa shape index (κ2) is 8.52. The topological polar surface area (TPSA) is 93.5 Å². The molecular formula is C27H24N6O3S. The van der Waals surface area contributed by atoms with Crippen LogP contribution in [0.1, 0.15) is 45.4 Å². The molecule has 2 aromatic heterocycles. The SMILES string of the molecule is O=C(c1cncs1)N1CC[C@@]23C(=O)N(Cc4cn(nn4)CCCOc4cccc(c4)[C@H]12)c1ccccc13. The van der Waals surface area contributed by atoms with E-state index in [1.165, 1.54) is 11.3 Å². The molecule has 1 fully saturated rings. The molecular weight excluding hydrogens is 488 g/mol. The van der Waals surface area contributed by atoms with Gasteiger partial charge in [0.05, 0.1) is 37.1 Å². The van der Waals surface area contributed by atoms with Gasteiger partial charge in [0.25, 0.3) is 5.91 Å². The molecule has 0 N–H and O–H groups in total. The summed E-state index contributed by atoms with van der Waals surface area (Å²) in [7, 11) is 0. The number of thiazole rings is 1. The molecule has 2 aromatic carbocycles. The van der Waals surface area contributed by atoms with Crippen molar-refractivity contribution in [3.8, 4) is 5.75 Å². The van der Waals surface area contributed by atoms with E-state index in [0.29, 0.717) is 37.5 Å². The average molecular weight is 513 g/mol. The summed E-state index contributed by atoms with van der Waals surface area (Å²) in [6.45, 7) is 1.97. The fraction of sp³-hybridized carbons (Fsp3) is 0.296. The maximum absolute atomic E-state index is 14.6. The summed E-state index contributed by atoms with van der Waals surface area (Å²) in [4.78, 5) is 36.7. The van der Waals surface area contributed by atoms with Crippen LogP contribution >= 0.6 is 11.3 Å². The van der Waals surface area contributed by atoms with Crippen molar-refractivity contribution in [3.63, 3.8) is 0 Å². The summed E-state index contributed by atoms with van der Waals surface area (Å²) in [6.07, 6.45) is 4.78. The highest BCUT2D eigenvalue weighted by Crippen LogP contribution is 2.57. The highest BCUT2D eigenvalue weighted by Gasteiger charge is 2.61. The van der Waals surface area contributed by atoms with Crippen LogP contribution in [0.5, 0.6) is 5.75 Å². The zero-order chi connectivity index (χ0) is 25.0. The lowest BCUT2D eigenvalue weighted by Gasteiger charge is -2.35. The van der Waals surface area contributed by atoms with Crippen molar-refractivity contribution in [2.45, 2.75) is 37.4 Å². The fourth-order valence-corrected chi connectivity index (χ4v) is 6.64. The fourth-order valence-electron chi connectivity index (χ4n) is 6.06. The molecule has 2 atom stereocenters. The first-order valence-corrected chi connectivity index (χ1v) is 13.3. The molecule has 7 rings (SSSR count). The van der Waals surface area contributed by atoms with Crippen LogP contribution in [0.2, 0.25) is 0 Å². The summed E-state index contributed by atoms with van der Waals surface area (Å²) in [6, 6.07) is 15.3. The number of para-hydroxylation sites is 1. The molecule has 0 unspecified atom stereocenters. The number of anilines is 1. The molecule has 2 amide bonds. The number of carbonyl (C=O) groups is 2. The van der Waals surface area contributed by atoms with E-state index in [-0.39, 0.29) is 11.8 Å². The molecule has 1 saturated heterocycles. The minimum absolute atomic E-state index is 0.0194. The van der Waals surface area contributed by atoms with E-state index in [1.807, 2.05) is 64.5 Å². The van der Waals surface area contributed by atoms with E-state index in [2.05, 4.69) is 15.3 Å². The highest BCUT2D eigenvalue weighted by molar-refractivity contribution is 7.11. The molecule has 0 saturated carbocycles. The van der Waals surface area contributed by atoms with E-state index in [4.69, 9.17) is 4.74 Å². The van der Waals surface area contributed by atoms with E-state index >= 15 is 0 Å². The number of fused-ring (bicyclic) bond motifs is 8. The molecule has 0 radical (unpaired) electrons. The lowest BCUT2D eigenvalue weighted by atomic mass is 9.72. The van der Waals surface area contributed by atoms with Gasteiger partial charge in [-0.3, -0.25) is 19.3 Å². The largest absolute Gasteiger partial charge is 0.494 e. The molecule has 5 heterocycles. The highest BCUT2D eigenvalue weighted by atomic mass is 32.1. The zero-order valence-electron chi connectivity index (χ0n) is 20.0. The summed E-state index contributed by atoms with van der Waals surface area (Å²) in [5.74, 6) is 0.587. The number of aromatic nitrogens is 4. The number of likely N-dealkylation sites (tertiary alicyclic amines) is 1. The van der Waals surface area contributed by atoms with Crippen molar-refractivity contribution in [2.24, 2.45) is 0 Å². The molecule has 3 aliphatic heterocycles. The van der Waals surface area contributed by atoms with Gasteiger partial charge >= 0.3 is 0 Å². The van der Waals surface area contributed by atoms with Crippen LogP contribution in [0.25, 0.3) is 0 Å². The van der Waals surface area contributed by atoms with E-state index in [0.717, 1.165) is 34.7 Å². The molecule has 186 valence electrons. The van der Waals surface area contributed by atoms with Crippen LogP contribution in [0.3, 0.4) is 0 Å². The van der Waals surface area contributed by atoms with Gasteiger partial charge in [0.15, 0.2) is 0 Å². The van der Waals surface area contributed by atoms with Crippen molar-refractivity contribution < 1.29 is 14.3 Å². The number of hydrogen-bond donors (Lipinski definition) is 0. The van der Waals surface area contributed by atoms with Crippen LogP contribution in [0.4, 0.5) is 5.69 Å². The Morgan fingerprint density at radius 3 is 2.95 bits per heavy atom. The van der Waals surface area contributed by atoms with Gasteiger partial charge in [-0.25, -0.2) is 0 Å². The number of carbonyl (C=O) groups excluding carboxylic acids is 2. The standard InChI is InChI=1S/C27H24N6O3S/c34-25(23-14-28-17-37-23)32-11-9-27-21-7-1-2-8-22(21)33(26(27)35)16-19-15-31(30-29-19)10-4-12-36-20-6-3-5-18(13-20)24(27)32/h1-3,5-8,13-15,17,24H,4,9-12,16H2/t24-,27-/m0/s1. The van der Waals surface area contributed by atoms with Gasteiger partial charge in [0.2, 0.25) is 5.91 Å². The Bertz CT molecular complexity index is 1500. The Balaban J connectivity index is 1.43. The molecule has 4 aromatic rings. The molecule has 9 nitrogen and oxygen atoms in total. The lowest BCUT2D eigenvalue weighted by molar-refractivity contribution is -0.124. The van der Waals surface area contributed by atoms with Gasteiger partial charge < -0.3 is 14.5 Å². The average Bonchev–Trinajstić information content (AvgIpc) is 3.72. The number of amides is 2. The minimum atomic E-state index is -0.925. The zero-order valence-corrected chi connectivity index (χ0v) is 20.8. The van der Waals surface area contributed by atoms with Crippen molar-refractivity contribution in [2.75, 3.05) is 18.1 Å². The van der Waals surface area contributed by atoms with Gasteiger partial charge in [-0.1, -0.05) is 35.5 Å². The molecule has 0 aliphatic carbocycles. The van der Waals surface area contributed by atoms with Crippen LogP contribution in [-0.2, 0) is 23.3 Å². The first-order chi connectivity index (χ1) is 18.1. The van der Waals surface area contributed by atoms with Crippen molar-refractivity contribution >= 4 is 28.8 Å². The molecule has 3 aliphatic rings. The van der Waals surface area contributed by atoms with Crippen LogP contribution < -0.4 is 9.64 Å². The van der Waals surface area contributed by atoms with Crippen molar-refractivity contribution in [3.05, 3.63) is 88.1 Å². The van der Waals surface area contributed by atoms with Crippen LogP contribution in [0, 0.1) is 0 Å². The number of aryl methyl sites for hydroxylation is 1. The number of ether oxygens (including phenoxy) is 1. The lowest BCUT2D eigenvalue weighted by Crippen LogP contribution is -2.45.